The van der Waals surface area contributed by atoms with Gasteiger partial charge in [-0.3, -0.25) is 4.79 Å². The highest BCUT2D eigenvalue weighted by Gasteiger charge is 2.11. The minimum atomic E-state index is -0.584. The van der Waals surface area contributed by atoms with Crippen LogP contribution in [0.5, 0.6) is 17.2 Å². The summed E-state index contributed by atoms with van der Waals surface area (Å²) in [6.45, 7) is 1.38. The fourth-order valence-electron chi connectivity index (χ4n) is 1.02. The molecule has 0 radical (unpaired) electrons. The number of Topliss-reactive ketones (excluding diaryl/α,β-unsaturated/α-hetero) is 1. The summed E-state index contributed by atoms with van der Waals surface area (Å²) >= 11 is 0. The van der Waals surface area contributed by atoms with E-state index in [1.54, 1.807) is 0 Å². The Morgan fingerprint density at radius 3 is 2.38 bits per heavy atom. The molecule has 0 saturated heterocycles. The molecule has 4 nitrogen and oxygen atoms in total. The molecule has 3 N–H and O–H groups in total. The van der Waals surface area contributed by atoms with Crippen molar-refractivity contribution in [1.82, 2.24) is 0 Å². The zero-order valence-corrected chi connectivity index (χ0v) is 7.11. The Balaban J connectivity index is 3.10. The Morgan fingerprint density at radius 1 is 1.23 bits per heavy atom. The standard InChI is InChI=1S/C9H10O4/c1-5(10)4-6-2-3-7(11)9(13)8(6)12/h2-3,11-13H,4H2,1H3. The lowest BCUT2D eigenvalue weighted by Gasteiger charge is -2.05. The molecule has 0 unspecified atom stereocenters. The Hall–Kier alpha value is -1.71. The summed E-state index contributed by atoms with van der Waals surface area (Å²) in [5.74, 6) is -1.54. The van der Waals surface area contributed by atoms with Crippen molar-refractivity contribution in [2.24, 2.45) is 0 Å². The molecule has 0 aliphatic carbocycles. The summed E-state index contributed by atoms with van der Waals surface area (Å²) in [6, 6.07) is 2.62. The van der Waals surface area contributed by atoms with Gasteiger partial charge in [0.15, 0.2) is 11.5 Å². The number of aromatic hydroxyl groups is 3. The van der Waals surface area contributed by atoms with E-state index in [-0.39, 0.29) is 12.2 Å². The van der Waals surface area contributed by atoms with Gasteiger partial charge in [-0.05, 0) is 13.0 Å². The van der Waals surface area contributed by atoms with Crippen LogP contribution in [0.3, 0.4) is 0 Å². The quantitative estimate of drug-likeness (QED) is 0.594. The largest absolute Gasteiger partial charge is 0.504 e. The van der Waals surface area contributed by atoms with E-state index in [0.29, 0.717) is 5.56 Å². The molecule has 70 valence electrons. The van der Waals surface area contributed by atoms with E-state index >= 15 is 0 Å². The second kappa shape index (κ2) is 3.35. The number of carbonyl (C=O) groups is 1. The molecule has 1 aromatic rings. The first-order valence-electron chi connectivity index (χ1n) is 3.74. The second-order valence-corrected chi connectivity index (χ2v) is 2.82. The monoisotopic (exact) mass is 182 g/mol. The molecular formula is C9H10O4. The van der Waals surface area contributed by atoms with Crippen LogP contribution in [0.2, 0.25) is 0 Å². The van der Waals surface area contributed by atoms with Gasteiger partial charge in [-0.2, -0.15) is 0 Å². The molecule has 0 aliphatic heterocycles. The molecule has 1 rings (SSSR count). The third-order valence-electron chi connectivity index (χ3n) is 1.65. The molecular weight excluding hydrogens is 172 g/mol. The number of hydrogen-bond acceptors (Lipinski definition) is 4. The van der Waals surface area contributed by atoms with Crippen molar-refractivity contribution in [2.45, 2.75) is 13.3 Å². The molecule has 0 heterocycles. The van der Waals surface area contributed by atoms with Crippen molar-refractivity contribution < 1.29 is 20.1 Å². The number of hydrogen-bond donors (Lipinski definition) is 3. The Kier molecular flexibility index (Phi) is 2.41. The number of benzene rings is 1. The predicted octanol–water partition coefficient (Wildman–Crippen LogP) is 0.935. The van der Waals surface area contributed by atoms with Crippen LogP contribution in [0.25, 0.3) is 0 Å². The van der Waals surface area contributed by atoms with Gasteiger partial charge in [-0.25, -0.2) is 0 Å². The van der Waals surface area contributed by atoms with Crippen molar-refractivity contribution in [3.63, 3.8) is 0 Å². The van der Waals surface area contributed by atoms with E-state index in [1.807, 2.05) is 0 Å². The molecule has 0 aliphatic rings. The number of carbonyl (C=O) groups excluding carboxylic acids is 1. The number of rotatable bonds is 2. The molecule has 13 heavy (non-hydrogen) atoms. The maximum absolute atomic E-state index is 10.7. The topological polar surface area (TPSA) is 77.8 Å². The summed E-state index contributed by atoms with van der Waals surface area (Å²) < 4.78 is 0. The van der Waals surface area contributed by atoms with Crippen LogP contribution < -0.4 is 0 Å². The van der Waals surface area contributed by atoms with Gasteiger partial charge < -0.3 is 15.3 Å². The maximum Gasteiger partial charge on any atom is 0.200 e. The maximum atomic E-state index is 10.7. The van der Waals surface area contributed by atoms with Crippen LogP contribution in [0.4, 0.5) is 0 Å². The summed E-state index contributed by atoms with van der Waals surface area (Å²) in [5.41, 5.74) is 0.308. The third-order valence-corrected chi connectivity index (χ3v) is 1.65. The smallest absolute Gasteiger partial charge is 0.200 e. The van der Waals surface area contributed by atoms with Gasteiger partial charge in [0.2, 0.25) is 5.75 Å². The second-order valence-electron chi connectivity index (χ2n) is 2.82. The van der Waals surface area contributed by atoms with Gasteiger partial charge in [-0.1, -0.05) is 6.07 Å². The summed E-state index contributed by atoms with van der Waals surface area (Å²) in [6.07, 6.45) is 0.0413. The number of ketones is 1. The highest BCUT2D eigenvalue weighted by Crippen LogP contribution is 2.37. The lowest BCUT2D eigenvalue weighted by molar-refractivity contribution is -0.116. The molecule has 0 atom stereocenters. The highest BCUT2D eigenvalue weighted by atomic mass is 16.3. The first kappa shape index (κ1) is 9.38. The molecule has 4 heteroatoms. The van der Waals surface area contributed by atoms with Crippen molar-refractivity contribution >= 4 is 5.78 Å². The summed E-state index contributed by atoms with van der Waals surface area (Å²) in [5, 5.41) is 27.3. The van der Waals surface area contributed by atoms with Crippen LogP contribution in [0.15, 0.2) is 12.1 Å². The van der Waals surface area contributed by atoms with E-state index in [4.69, 9.17) is 10.2 Å². The summed E-state index contributed by atoms with van der Waals surface area (Å²) in [4.78, 5) is 10.7. The van der Waals surface area contributed by atoms with Gasteiger partial charge in [0, 0.05) is 12.0 Å². The van der Waals surface area contributed by atoms with Crippen LogP contribution in [0.1, 0.15) is 12.5 Å². The predicted molar refractivity (Wildman–Crippen MR) is 45.8 cm³/mol. The van der Waals surface area contributed by atoms with Crippen LogP contribution in [-0.2, 0) is 11.2 Å². The van der Waals surface area contributed by atoms with Crippen molar-refractivity contribution in [3.05, 3.63) is 17.7 Å². The Bertz CT molecular complexity index is 344. The van der Waals surface area contributed by atoms with Gasteiger partial charge in [-0.15, -0.1) is 0 Å². The molecule has 0 fully saturated rings. The third kappa shape index (κ3) is 1.90. The van der Waals surface area contributed by atoms with Crippen molar-refractivity contribution in [3.8, 4) is 17.2 Å². The number of phenols is 3. The normalized spacial score (nSPS) is 9.92. The summed E-state index contributed by atoms with van der Waals surface area (Å²) in [7, 11) is 0. The minimum absolute atomic E-state index is 0.0413. The van der Waals surface area contributed by atoms with Crippen LogP contribution in [0, 0.1) is 0 Å². The highest BCUT2D eigenvalue weighted by molar-refractivity contribution is 5.79. The minimum Gasteiger partial charge on any atom is -0.504 e. The van der Waals surface area contributed by atoms with E-state index in [0.717, 1.165) is 0 Å². The molecule has 0 bridgehead atoms. The van der Waals surface area contributed by atoms with E-state index < -0.39 is 17.2 Å². The number of phenolic OH excluding ortho intramolecular Hbond substituents is 3. The Labute approximate surface area is 75.1 Å². The average Bonchev–Trinajstić information content (AvgIpc) is 2.06. The molecule has 1 aromatic carbocycles. The van der Waals surface area contributed by atoms with Gasteiger partial charge >= 0.3 is 0 Å². The molecule has 0 saturated carbocycles. The molecule has 0 amide bonds. The van der Waals surface area contributed by atoms with Crippen LogP contribution in [-0.4, -0.2) is 21.1 Å². The van der Waals surface area contributed by atoms with E-state index in [1.165, 1.54) is 19.1 Å². The zero-order chi connectivity index (χ0) is 10.0. The van der Waals surface area contributed by atoms with Crippen molar-refractivity contribution in [1.29, 1.82) is 0 Å². The SMILES string of the molecule is CC(=O)Cc1ccc(O)c(O)c1O. The van der Waals surface area contributed by atoms with Gasteiger partial charge in [0.05, 0.1) is 0 Å². The van der Waals surface area contributed by atoms with E-state index in [9.17, 15) is 9.90 Å². The molecule has 0 spiro atoms. The average molecular weight is 182 g/mol. The lowest BCUT2D eigenvalue weighted by atomic mass is 10.1. The molecule has 0 aromatic heterocycles. The van der Waals surface area contributed by atoms with Gasteiger partial charge in [0.25, 0.3) is 0 Å². The first-order valence-corrected chi connectivity index (χ1v) is 3.74. The fraction of sp³-hybridized carbons (Fsp3) is 0.222. The lowest BCUT2D eigenvalue weighted by Crippen LogP contribution is -1.96. The zero-order valence-electron chi connectivity index (χ0n) is 7.11. The fourth-order valence-corrected chi connectivity index (χ4v) is 1.02. The van der Waals surface area contributed by atoms with Gasteiger partial charge in [0.1, 0.15) is 5.78 Å². The van der Waals surface area contributed by atoms with Crippen molar-refractivity contribution in [2.75, 3.05) is 0 Å². The Morgan fingerprint density at radius 2 is 1.85 bits per heavy atom. The van der Waals surface area contributed by atoms with E-state index in [2.05, 4.69) is 0 Å². The van der Waals surface area contributed by atoms with Crippen LogP contribution >= 0.6 is 0 Å². The first-order chi connectivity index (χ1) is 6.02.